The zero-order chi connectivity index (χ0) is 11.4. The lowest BCUT2D eigenvalue weighted by atomic mass is 10.0. The van der Waals surface area contributed by atoms with Gasteiger partial charge in [0.2, 0.25) is 0 Å². The fourth-order valence-electron chi connectivity index (χ4n) is 1.21. The first-order valence-electron chi connectivity index (χ1n) is 4.16. The van der Waals surface area contributed by atoms with Gasteiger partial charge in [0.05, 0.1) is 23.0 Å². The minimum Gasteiger partial charge on any atom is -0.508 e. The largest absolute Gasteiger partial charge is 0.508 e. The number of nitro benzene ring substituents is 1. The summed E-state index contributed by atoms with van der Waals surface area (Å²) in [5.74, 6) is -0.107. The lowest BCUT2D eigenvalue weighted by molar-refractivity contribution is -0.385. The van der Waals surface area contributed by atoms with Crippen molar-refractivity contribution in [2.45, 2.75) is 12.5 Å². The number of benzene rings is 1. The summed E-state index contributed by atoms with van der Waals surface area (Å²) in [6, 6.07) is 4.65. The molecule has 0 unspecified atom stereocenters. The van der Waals surface area contributed by atoms with Gasteiger partial charge >= 0.3 is 0 Å². The molecule has 0 aromatic heterocycles. The summed E-state index contributed by atoms with van der Waals surface area (Å²) in [6.45, 7) is 0. The van der Waals surface area contributed by atoms with E-state index >= 15 is 0 Å². The van der Waals surface area contributed by atoms with Crippen LogP contribution in [0.2, 0.25) is 0 Å². The number of phenols is 1. The fourth-order valence-corrected chi connectivity index (χ4v) is 1.21. The van der Waals surface area contributed by atoms with E-state index in [1.165, 1.54) is 18.2 Å². The van der Waals surface area contributed by atoms with Crippen LogP contribution in [0.4, 0.5) is 5.69 Å². The number of hydrogen-bond acceptors (Lipinski definition) is 5. The van der Waals surface area contributed by atoms with Gasteiger partial charge in [-0.05, 0) is 12.1 Å². The quantitative estimate of drug-likeness (QED) is 0.619. The molecule has 16 heavy (non-hydrogen) atoms. The van der Waals surface area contributed by atoms with Crippen LogP contribution in [0.1, 0.15) is 18.0 Å². The standard InChI is InChI=1S/C9H9N3O3.ClH/c10-4-3-8(11)7-5-6(13)1-2-9(7)12(14)15;/h1-2,5,8,13H,3,11H2;1H/t8-;/m1./s1. The third kappa shape index (κ3) is 3.08. The second kappa shape index (κ2) is 5.90. The molecule has 0 aliphatic heterocycles. The second-order valence-electron chi connectivity index (χ2n) is 2.97. The highest BCUT2D eigenvalue weighted by molar-refractivity contribution is 5.85. The van der Waals surface area contributed by atoms with Crippen molar-refractivity contribution in [3.05, 3.63) is 33.9 Å². The normalized spacial score (nSPS) is 11.0. The van der Waals surface area contributed by atoms with E-state index in [1.807, 2.05) is 6.07 Å². The Morgan fingerprint density at radius 2 is 2.25 bits per heavy atom. The first-order chi connectivity index (χ1) is 7.06. The third-order valence-electron chi connectivity index (χ3n) is 1.92. The van der Waals surface area contributed by atoms with Gasteiger partial charge in [0.15, 0.2) is 0 Å². The summed E-state index contributed by atoms with van der Waals surface area (Å²) in [6.07, 6.45) is -0.0374. The van der Waals surface area contributed by atoms with Crippen molar-refractivity contribution in [3.63, 3.8) is 0 Å². The Bertz CT molecular complexity index is 430. The number of aromatic hydroxyl groups is 1. The molecule has 86 valence electrons. The van der Waals surface area contributed by atoms with E-state index < -0.39 is 11.0 Å². The van der Waals surface area contributed by atoms with Crippen molar-refractivity contribution in [3.8, 4) is 11.8 Å². The van der Waals surface area contributed by atoms with Crippen molar-refractivity contribution in [1.82, 2.24) is 0 Å². The second-order valence-corrected chi connectivity index (χ2v) is 2.97. The Hall–Kier alpha value is -1.84. The van der Waals surface area contributed by atoms with Crippen LogP contribution in [-0.2, 0) is 0 Å². The molecule has 3 N–H and O–H groups in total. The first-order valence-corrected chi connectivity index (χ1v) is 4.16. The number of rotatable bonds is 3. The molecule has 0 amide bonds. The minimum absolute atomic E-state index is 0. The first kappa shape index (κ1) is 14.2. The zero-order valence-electron chi connectivity index (χ0n) is 8.16. The van der Waals surface area contributed by atoms with Crippen molar-refractivity contribution in [2.75, 3.05) is 0 Å². The highest BCUT2D eigenvalue weighted by Crippen LogP contribution is 2.28. The van der Waals surface area contributed by atoms with E-state index in [9.17, 15) is 15.2 Å². The molecule has 0 fully saturated rings. The maximum Gasteiger partial charge on any atom is 0.274 e. The van der Waals surface area contributed by atoms with Gasteiger partial charge in [0.25, 0.3) is 5.69 Å². The molecule has 1 aromatic carbocycles. The number of hydrogen-bond donors (Lipinski definition) is 2. The van der Waals surface area contributed by atoms with Gasteiger partial charge in [0, 0.05) is 12.1 Å². The summed E-state index contributed by atoms with van der Waals surface area (Å²) in [5.41, 5.74) is 5.56. The van der Waals surface area contributed by atoms with Crippen molar-refractivity contribution >= 4 is 18.1 Å². The van der Waals surface area contributed by atoms with E-state index in [2.05, 4.69) is 0 Å². The van der Waals surface area contributed by atoms with Crippen LogP contribution < -0.4 is 5.73 Å². The summed E-state index contributed by atoms with van der Waals surface area (Å²) < 4.78 is 0. The minimum atomic E-state index is -0.762. The number of nitrogens with two attached hydrogens (primary N) is 1. The van der Waals surface area contributed by atoms with Crippen molar-refractivity contribution in [1.29, 1.82) is 5.26 Å². The molecule has 0 aliphatic carbocycles. The predicted octanol–water partition coefficient (Wildman–Crippen LogP) is 1.64. The summed E-state index contributed by atoms with van der Waals surface area (Å²) in [7, 11) is 0. The Morgan fingerprint density at radius 3 is 2.75 bits per heavy atom. The highest BCUT2D eigenvalue weighted by Gasteiger charge is 2.19. The smallest absolute Gasteiger partial charge is 0.274 e. The van der Waals surface area contributed by atoms with Crippen molar-refractivity contribution < 1.29 is 10.0 Å². The van der Waals surface area contributed by atoms with Crippen LogP contribution >= 0.6 is 12.4 Å². The summed E-state index contributed by atoms with van der Waals surface area (Å²) in [4.78, 5) is 10.0. The predicted molar refractivity (Wildman–Crippen MR) is 59.2 cm³/mol. The molecule has 1 rings (SSSR count). The van der Waals surface area contributed by atoms with E-state index in [4.69, 9.17) is 11.0 Å². The molecule has 0 saturated heterocycles. The lowest BCUT2D eigenvalue weighted by Gasteiger charge is -2.08. The van der Waals surface area contributed by atoms with Gasteiger partial charge in [0.1, 0.15) is 5.75 Å². The molecule has 6 nitrogen and oxygen atoms in total. The van der Waals surface area contributed by atoms with Gasteiger partial charge in [-0.3, -0.25) is 10.1 Å². The van der Waals surface area contributed by atoms with Gasteiger partial charge in [-0.25, -0.2) is 0 Å². The topological polar surface area (TPSA) is 113 Å². The van der Waals surface area contributed by atoms with E-state index in [-0.39, 0.29) is 35.8 Å². The average molecular weight is 244 g/mol. The maximum absolute atomic E-state index is 10.6. The van der Waals surface area contributed by atoms with Gasteiger partial charge in [-0.2, -0.15) is 5.26 Å². The van der Waals surface area contributed by atoms with E-state index in [0.717, 1.165) is 0 Å². The number of phenolic OH excluding ortho intramolecular Hbond substituents is 1. The highest BCUT2D eigenvalue weighted by atomic mass is 35.5. The molecular formula is C9H10ClN3O3. The Kier molecular flexibility index (Phi) is 5.22. The van der Waals surface area contributed by atoms with Crippen LogP contribution in [0.5, 0.6) is 5.75 Å². The Labute approximate surface area is 97.9 Å². The molecule has 0 heterocycles. The van der Waals surface area contributed by atoms with Crippen LogP contribution in [0, 0.1) is 21.4 Å². The fraction of sp³-hybridized carbons (Fsp3) is 0.222. The van der Waals surface area contributed by atoms with Crippen LogP contribution in [0.25, 0.3) is 0 Å². The van der Waals surface area contributed by atoms with Gasteiger partial charge < -0.3 is 10.8 Å². The average Bonchev–Trinajstić information content (AvgIpc) is 2.17. The summed E-state index contributed by atoms with van der Waals surface area (Å²) >= 11 is 0. The monoisotopic (exact) mass is 243 g/mol. The van der Waals surface area contributed by atoms with E-state index in [1.54, 1.807) is 0 Å². The molecule has 0 spiro atoms. The van der Waals surface area contributed by atoms with E-state index in [0.29, 0.717) is 0 Å². The molecule has 0 bridgehead atoms. The molecule has 7 heteroatoms. The van der Waals surface area contributed by atoms with Gasteiger partial charge in [-0.1, -0.05) is 0 Å². The Morgan fingerprint density at radius 1 is 1.62 bits per heavy atom. The SMILES string of the molecule is Cl.N#CC[C@@H](N)c1cc(O)ccc1[N+](=O)[O-]. The van der Waals surface area contributed by atoms with Crippen LogP contribution in [0.3, 0.4) is 0 Å². The number of halogens is 1. The van der Waals surface area contributed by atoms with Crippen molar-refractivity contribution in [2.24, 2.45) is 5.73 Å². The molecular weight excluding hydrogens is 234 g/mol. The Balaban J connectivity index is 0.00000225. The summed E-state index contributed by atoms with van der Waals surface area (Å²) in [5, 5.41) is 28.2. The number of nitrogens with zero attached hydrogens (tertiary/aromatic N) is 2. The molecule has 1 aromatic rings. The number of nitriles is 1. The third-order valence-corrected chi connectivity index (χ3v) is 1.92. The zero-order valence-corrected chi connectivity index (χ0v) is 8.98. The molecule has 0 saturated carbocycles. The van der Waals surface area contributed by atoms with Gasteiger partial charge in [-0.15, -0.1) is 12.4 Å². The molecule has 0 aliphatic rings. The van der Waals surface area contributed by atoms with Crippen LogP contribution in [0.15, 0.2) is 18.2 Å². The van der Waals surface area contributed by atoms with Crippen LogP contribution in [-0.4, -0.2) is 10.0 Å². The lowest BCUT2D eigenvalue weighted by Crippen LogP contribution is -2.11. The molecule has 0 radical (unpaired) electrons. The molecule has 1 atom stereocenters. The number of nitro groups is 1. The maximum atomic E-state index is 10.6.